The lowest BCUT2D eigenvalue weighted by Crippen LogP contribution is -2.17. The van der Waals surface area contributed by atoms with Crippen LogP contribution in [0.4, 0.5) is 11.4 Å². The molecule has 30 heavy (non-hydrogen) atoms. The highest BCUT2D eigenvalue weighted by atomic mass is 32.2. The minimum Gasteiger partial charge on any atom is -0.486 e. The summed E-state index contributed by atoms with van der Waals surface area (Å²) >= 11 is 1.40. The number of nitrogens with one attached hydrogen (secondary N) is 2. The molecule has 0 aliphatic carbocycles. The van der Waals surface area contributed by atoms with Crippen LogP contribution in [0.25, 0.3) is 0 Å². The Morgan fingerprint density at radius 1 is 1.00 bits per heavy atom. The van der Waals surface area contributed by atoms with Gasteiger partial charge in [0.1, 0.15) is 13.2 Å². The summed E-state index contributed by atoms with van der Waals surface area (Å²) in [6.45, 7) is 2.82. The molecule has 2 N–H and O–H groups in total. The molecule has 0 saturated carbocycles. The van der Waals surface area contributed by atoms with Gasteiger partial charge in [-0.05, 0) is 59.8 Å². The summed E-state index contributed by atoms with van der Waals surface area (Å²) in [5.41, 5.74) is 1.97. The molecule has 0 fully saturated rings. The number of hydrogen-bond donors (Lipinski definition) is 2. The number of amides is 1. The zero-order valence-electron chi connectivity index (χ0n) is 16.2. The smallest absolute Gasteiger partial charge is 0.266 e. The van der Waals surface area contributed by atoms with Crippen molar-refractivity contribution in [3.63, 3.8) is 0 Å². The maximum absolute atomic E-state index is 12.7. The number of carbonyl (C=O) groups is 1. The van der Waals surface area contributed by atoms with Crippen molar-refractivity contribution in [2.45, 2.75) is 18.2 Å². The third-order valence-electron chi connectivity index (χ3n) is 4.55. The van der Waals surface area contributed by atoms with Crippen molar-refractivity contribution in [1.82, 2.24) is 0 Å². The lowest BCUT2D eigenvalue weighted by molar-refractivity contribution is 0.103. The van der Waals surface area contributed by atoms with Crippen molar-refractivity contribution in [1.29, 1.82) is 0 Å². The van der Waals surface area contributed by atoms with E-state index in [2.05, 4.69) is 10.0 Å². The Bertz CT molecular complexity index is 1170. The number of fused-ring (bicyclic) bond motifs is 1. The van der Waals surface area contributed by atoms with E-state index in [1.54, 1.807) is 30.3 Å². The fourth-order valence-electron chi connectivity index (χ4n) is 3.03. The lowest BCUT2D eigenvalue weighted by Gasteiger charge is -2.19. The molecule has 0 unspecified atom stereocenters. The van der Waals surface area contributed by atoms with Crippen LogP contribution in [0.5, 0.6) is 11.5 Å². The Morgan fingerprint density at radius 2 is 1.70 bits per heavy atom. The van der Waals surface area contributed by atoms with Gasteiger partial charge < -0.3 is 14.8 Å². The molecular weight excluding hydrogens is 424 g/mol. The molecule has 2 heterocycles. The van der Waals surface area contributed by atoms with Crippen molar-refractivity contribution in [2.24, 2.45) is 0 Å². The van der Waals surface area contributed by atoms with Crippen LogP contribution in [0.2, 0.25) is 0 Å². The zero-order chi connectivity index (χ0) is 21.1. The van der Waals surface area contributed by atoms with Crippen molar-refractivity contribution < 1.29 is 22.7 Å². The molecule has 1 amide bonds. The Morgan fingerprint density at radius 3 is 2.43 bits per heavy atom. The first kappa shape index (κ1) is 20.2. The molecule has 0 atom stereocenters. The van der Waals surface area contributed by atoms with E-state index in [0.717, 1.165) is 12.0 Å². The van der Waals surface area contributed by atoms with Gasteiger partial charge in [-0.2, -0.15) is 0 Å². The Kier molecular flexibility index (Phi) is 5.65. The van der Waals surface area contributed by atoms with Gasteiger partial charge in [-0.3, -0.25) is 9.52 Å². The average Bonchev–Trinajstić information content (AvgIpc) is 3.24. The first-order chi connectivity index (χ1) is 14.5. The SMILES string of the molecule is CCc1ccsc1C(=O)Nc1ccc(NS(=O)(=O)c2ccc3c(c2)OCCO3)cc1. The first-order valence-corrected chi connectivity index (χ1v) is 11.7. The van der Waals surface area contributed by atoms with Crippen LogP contribution in [0, 0.1) is 0 Å². The number of sulfonamides is 1. The maximum atomic E-state index is 12.7. The summed E-state index contributed by atoms with van der Waals surface area (Å²) in [5, 5.41) is 4.73. The third kappa shape index (κ3) is 4.27. The molecule has 1 aromatic heterocycles. The number of anilines is 2. The van der Waals surface area contributed by atoms with Gasteiger partial charge in [0.15, 0.2) is 11.5 Å². The predicted molar refractivity (Wildman–Crippen MR) is 116 cm³/mol. The molecule has 1 aliphatic rings. The zero-order valence-corrected chi connectivity index (χ0v) is 17.8. The van der Waals surface area contributed by atoms with Crippen molar-refractivity contribution in [3.8, 4) is 11.5 Å². The van der Waals surface area contributed by atoms with Crippen LogP contribution < -0.4 is 19.5 Å². The molecule has 3 aromatic rings. The van der Waals surface area contributed by atoms with Crippen LogP contribution >= 0.6 is 11.3 Å². The topological polar surface area (TPSA) is 93.7 Å². The molecule has 2 aromatic carbocycles. The standard InChI is InChI=1S/C21H20N2O5S2/c1-2-14-9-12-29-20(14)21(24)22-15-3-5-16(6-4-15)23-30(25,26)17-7-8-18-19(13-17)28-11-10-27-18/h3-9,12-13,23H,2,10-11H2,1H3,(H,22,24). The summed E-state index contributed by atoms with van der Waals surface area (Å²) in [6, 6.07) is 12.9. The van der Waals surface area contributed by atoms with Gasteiger partial charge in [-0.25, -0.2) is 8.42 Å². The average molecular weight is 445 g/mol. The van der Waals surface area contributed by atoms with Crippen LogP contribution in [0.15, 0.2) is 58.8 Å². The summed E-state index contributed by atoms with van der Waals surface area (Å²) in [6.07, 6.45) is 0.785. The Labute approximate surface area is 178 Å². The van der Waals surface area contributed by atoms with Gasteiger partial charge in [0.05, 0.1) is 9.77 Å². The summed E-state index contributed by atoms with van der Waals surface area (Å²) in [4.78, 5) is 13.2. The summed E-state index contributed by atoms with van der Waals surface area (Å²) in [7, 11) is -3.80. The molecule has 4 rings (SSSR count). The van der Waals surface area contributed by atoms with E-state index in [9.17, 15) is 13.2 Å². The van der Waals surface area contributed by atoms with Gasteiger partial charge in [0.2, 0.25) is 0 Å². The van der Waals surface area contributed by atoms with Gasteiger partial charge in [0.25, 0.3) is 15.9 Å². The second-order valence-electron chi connectivity index (χ2n) is 6.57. The highest BCUT2D eigenvalue weighted by Gasteiger charge is 2.19. The number of hydrogen-bond acceptors (Lipinski definition) is 6. The van der Waals surface area contributed by atoms with Crippen LogP contribution in [-0.4, -0.2) is 27.5 Å². The second-order valence-corrected chi connectivity index (χ2v) is 9.17. The van der Waals surface area contributed by atoms with Gasteiger partial charge in [-0.1, -0.05) is 6.92 Å². The third-order valence-corrected chi connectivity index (χ3v) is 6.89. The molecule has 9 heteroatoms. The van der Waals surface area contributed by atoms with E-state index < -0.39 is 10.0 Å². The number of ether oxygens (including phenoxy) is 2. The molecule has 0 bridgehead atoms. The fourth-order valence-corrected chi connectivity index (χ4v) is 4.99. The molecule has 7 nitrogen and oxygen atoms in total. The normalized spacial score (nSPS) is 13.0. The largest absolute Gasteiger partial charge is 0.486 e. The molecular formula is C21H20N2O5S2. The monoisotopic (exact) mass is 444 g/mol. The maximum Gasteiger partial charge on any atom is 0.266 e. The van der Waals surface area contributed by atoms with E-state index in [-0.39, 0.29) is 10.8 Å². The lowest BCUT2D eigenvalue weighted by atomic mass is 10.2. The van der Waals surface area contributed by atoms with Crippen molar-refractivity contribution >= 4 is 38.6 Å². The van der Waals surface area contributed by atoms with E-state index >= 15 is 0 Å². The van der Waals surface area contributed by atoms with Gasteiger partial charge >= 0.3 is 0 Å². The van der Waals surface area contributed by atoms with Crippen LogP contribution in [-0.2, 0) is 16.4 Å². The number of benzene rings is 2. The minimum atomic E-state index is -3.80. The van der Waals surface area contributed by atoms with E-state index in [0.29, 0.717) is 41.0 Å². The second kappa shape index (κ2) is 8.37. The van der Waals surface area contributed by atoms with E-state index in [4.69, 9.17) is 9.47 Å². The summed E-state index contributed by atoms with van der Waals surface area (Å²) in [5.74, 6) is 0.755. The van der Waals surface area contributed by atoms with Gasteiger partial charge in [-0.15, -0.1) is 11.3 Å². The van der Waals surface area contributed by atoms with Crippen LogP contribution in [0.1, 0.15) is 22.2 Å². The number of carbonyl (C=O) groups excluding carboxylic acids is 1. The number of aryl methyl sites for hydroxylation is 1. The van der Waals surface area contributed by atoms with Crippen molar-refractivity contribution in [2.75, 3.05) is 23.3 Å². The molecule has 0 saturated heterocycles. The number of thiophene rings is 1. The first-order valence-electron chi connectivity index (χ1n) is 9.36. The Hall–Kier alpha value is -3.04. The Balaban J connectivity index is 1.46. The highest BCUT2D eigenvalue weighted by molar-refractivity contribution is 7.92. The molecule has 156 valence electrons. The minimum absolute atomic E-state index is 0.0777. The van der Waals surface area contributed by atoms with Crippen LogP contribution in [0.3, 0.4) is 0 Å². The molecule has 0 radical (unpaired) electrons. The summed E-state index contributed by atoms with van der Waals surface area (Å²) < 4.78 is 38.8. The van der Waals surface area contributed by atoms with E-state index in [1.165, 1.54) is 23.5 Å². The molecule has 0 spiro atoms. The number of rotatable bonds is 6. The predicted octanol–water partition coefficient (Wildman–Crippen LogP) is 4.13. The van der Waals surface area contributed by atoms with Crippen molar-refractivity contribution in [3.05, 3.63) is 64.4 Å². The highest BCUT2D eigenvalue weighted by Crippen LogP contribution is 2.32. The van der Waals surface area contributed by atoms with E-state index in [1.807, 2.05) is 18.4 Å². The quantitative estimate of drug-likeness (QED) is 0.596. The molecule has 1 aliphatic heterocycles. The fraction of sp³-hybridized carbons (Fsp3) is 0.190. The van der Waals surface area contributed by atoms with Gasteiger partial charge in [0, 0.05) is 17.4 Å².